The van der Waals surface area contributed by atoms with Crippen LogP contribution in [0.3, 0.4) is 0 Å². The van der Waals surface area contributed by atoms with E-state index in [1.54, 1.807) is 48.7 Å². The number of hydrogen-bond acceptors (Lipinski definition) is 4. The second-order valence-corrected chi connectivity index (χ2v) is 5.99. The van der Waals surface area contributed by atoms with Gasteiger partial charge >= 0.3 is 0 Å². The van der Waals surface area contributed by atoms with Crippen molar-refractivity contribution < 1.29 is 4.79 Å². The van der Waals surface area contributed by atoms with Crippen LogP contribution in [0.4, 0.5) is 11.4 Å². The fourth-order valence-electron chi connectivity index (χ4n) is 2.34. The maximum atomic E-state index is 12.3. The van der Waals surface area contributed by atoms with Crippen molar-refractivity contribution in [2.75, 3.05) is 5.32 Å². The summed E-state index contributed by atoms with van der Waals surface area (Å²) in [7, 11) is 0. The Morgan fingerprint density at radius 1 is 1.08 bits per heavy atom. The largest absolute Gasteiger partial charge is 0.355 e. The maximum absolute atomic E-state index is 12.3. The Kier molecular flexibility index (Phi) is 5.47. The summed E-state index contributed by atoms with van der Waals surface area (Å²) in [6.07, 6.45) is 1.56. The van der Waals surface area contributed by atoms with Gasteiger partial charge in [0.25, 0.3) is 5.91 Å². The first-order valence-electron chi connectivity index (χ1n) is 7.90. The van der Waals surface area contributed by atoms with E-state index in [4.69, 9.17) is 16.9 Å². The molecule has 0 unspecified atom stereocenters. The fourth-order valence-corrected chi connectivity index (χ4v) is 2.47. The quantitative estimate of drug-likeness (QED) is 0.710. The molecule has 26 heavy (non-hydrogen) atoms. The molecule has 0 radical (unpaired) electrons. The molecule has 6 heteroatoms. The molecule has 5 nitrogen and oxygen atoms in total. The van der Waals surface area contributed by atoms with E-state index in [0.717, 1.165) is 11.3 Å². The van der Waals surface area contributed by atoms with Crippen molar-refractivity contribution in [1.29, 1.82) is 5.26 Å². The number of halogens is 1. The second kappa shape index (κ2) is 8.15. The predicted octanol–water partition coefficient (Wildman–Crippen LogP) is 4.28. The molecule has 3 rings (SSSR count). The summed E-state index contributed by atoms with van der Waals surface area (Å²) >= 11 is 5.85. The van der Waals surface area contributed by atoms with Crippen molar-refractivity contribution >= 4 is 28.9 Å². The third kappa shape index (κ3) is 4.59. The second-order valence-electron chi connectivity index (χ2n) is 5.56. The summed E-state index contributed by atoms with van der Waals surface area (Å²) in [5.41, 5.74) is 3.30. The molecule has 1 aromatic heterocycles. The minimum absolute atomic E-state index is 0.269. The molecule has 0 aliphatic heterocycles. The number of amides is 1. The van der Waals surface area contributed by atoms with Crippen molar-refractivity contribution in [2.24, 2.45) is 0 Å². The van der Waals surface area contributed by atoms with Crippen LogP contribution in [-0.2, 0) is 6.54 Å². The molecule has 2 aromatic carbocycles. The van der Waals surface area contributed by atoms with Crippen LogP contribution in [0.15, 0.2) is 66.9 Å². The molecule has 1 amide bonds. The van der Waals surface area contributed by atoms with Crippen LogP contribution in [0.1, 0.15) is 21.6 Å². The zero-order chi connectivity index (χ0) is 18.4. The molecule has 0 saturated heterocycles. The number of anilines is 2. The predicted molar refractivity (Wildman–Crippen MR) is 101 cm³/mol. The number of rotatable bonds is 5. The molecule has 1 heterocycles. The normalized spacial score (nSPS) is 10.0. The number of nitrogens with one attached hydrogen (secondary N) is 2. The van der Waals surface area contributed by atoms with Crippen LogP contribution in [0.2, 0.25) is 5.02 Å². The van der Waals surface area contributed by atoms with E-state index in [2.05, 4.69) is 21.7 Å². The Balaban J connectivity index is 1.67. The third-order valence-corrected chi connectivity index (χ3v) is 3.89. The van der Waals surface area contributed by atoms with Crippen LogP contribution in [0.25, 0.3) is 0 Å². The summed E-state index contributed by atoms with van der Waals surface area (Å²) in [6.45, 7) is 0.388. The highest BCUT2D eigenvalue weighted by atomic mass is 35.5. The van der Waals surface area contributed by atoms with Crippen LogP contribution < -0.4 is 10.6 Å². The molecule has 0 aliphatic carbocycles. The van der Waals surface area contributed by atoms with E-state index in [9.17, 15) is 4.79 Å². The summed E-state index contributed by atoms with van der Waals surface area (Å²) in [5.74, 6) is -0.269. The fraction of sp³-hybridized carbons (Fsp3) is 0.0500. The van der Waals surface area contributed by atoms with Gasteiger partial charge in [0.1, 0.15) is 5.69 Å². The van der Waals surface area contributed by atoms with Crippen LogP contribution in [0, 0.1) is 11.3 Å². The Bertz CT molecular complexity index is 964. The lowest BCUT2D eigenvalue weighted by molar-refractivity contribution is 0.0946. The standard InChI is InChI=1S/C20H15ClN4O/c21-16-6-4-14(5-7-16)13-24-20(26)19-11-18(8-9-23-19)25-17-3-1-2-15(10-17)12-22/h1-11H,13H2,(H,23,25)(H,24,26). The maximum Gasteiger partial charge on any atom is 0.270 e. The Labute approximate surface area is 156 Å². The smallest absolute Gasteiger partial charge is 0.270 e. The number of carbonyl (C=O) groups is 1. The van der Waals surface area contributed by atoms with Gasteiger partial charge in [-0.3, -0.25) is 9.78 Å². The topological polar surface area (TPSA) is 77.8 Å². The molecular weight excluding hydrogens is 348 g/mol. The minimum Gasteiger partial charge on any atom is -0.355 e. The summed E-state index contributed by atoms with van der Waals surface area (Å²) < 4.78 is 0. The van der Waals surface area contributed by atoms with Crippen molar-refractivity contribution in [1.82, 2.24) is 10.3 Å². The third-order valence-electron chi connectivity index (χ3n) is 3.64. The number of benzene rings is 2. The first-order valence-corrected chi connectivity index (χ1v) is 8.28. The minimum atomic E-state index is -0.269. The zero-order valence-corrected chi connectivity index (χ0v) is 14.5. The highest BCUT2D eigenvalue weighted by Crippen LogP contribution is 2.18. The summed E-state index contributed by atoms with van der Waals surface area (Å²) in [4.78, 5) is 16.4. The van der Waals surface area contributed by atoms with Gasteiger partial charge in [-0.1, -0.05) is 29.8 Å². The molecule has 0 atom stereocenters. The average Bonchev–Trinajstić information content (AvgIpc) is 2.67. The first kappa shape index (κ1) is 17.5. The van der Waals surface area contributed by atoms with Gasteiger partial charge in [-0.15, -0.1) is 0 Å². The molecule has 0 spiro atoms. The Hall–Kier alpha value is -3.36. The first-order chi connectivity index (χ1) is 12.6. The Morgan fingerprint density at radius 2 is 1.85 bits per heavy atom. The van der Waals surface area contributed by atoms with Crippen molar-refractivity contribution in [3.8, 4) is 6.07 Å². The van der Waals surface area contributed by atoms with Gasteiger partial charge in [-0.2, -0.15) is 5.26 Å². The van der Waals surface area contributed by atoms with Crippen LogP contribution in [-0.4, -0.2) is 10.9 Å². The molecule has 0 saturated carbocycles. The number of pyridine rings is 1. The van der Waals surface area contributed by atoms with E-state index in [1.165, 1.54) is 0 Å². The molecular formula is C20H15ClN4O. The van der Waals surface area contributed by atoms with Gasteiger partial charge in [0, 0.05) is 29.1 Å². The van der Waals surface area contributed by atoms with Crippen LogP contribution in [0.5, 0.6) is 0 Å². The van der Waals surface area contributed by atoms with Gasteiger partial charge in [0.2, 0.25) is 0 Å². The zero-order valence-electron chi connectivity index (χ0n) is 13.7. The number of hydrogen-bond donors (Lipinski definition) is 2. The van der Waals surface area contributed by atoms with Crippen LogP contribution >= 0.6 is 11.6 Å². The molecule has 0 aliphatic rings. The number of nitriles is 1. The lowest BCUT2D eigenvalue weighted by atomic mass is 10.2. The van der Waals surface area contributed by atoms with Gasteiger partial charge in [-0.05, 0) is 48.0 Å². The molecule has 0 fully saturated rings. The van der Waals surface area contributed by atoms with E-state index < -0.39 is 0 Å². The van der Waals surface area contributed by atoms with E-state index in [0.29, 0.717) is 28.5 Å². The Morgan fingerprint density at radius 3 is 2.62 bits per heavy atom. The van der Waals surface area contributed by atoms with Gasteiger partial charge < -0.3 is 10.6 Å². The number of carbonyl (C=O) groups excluding carboxylic acids is 1. The van der Waals surface area contributed by atoms with Crippen molar-refractivity contribution in [3.05, 3.63) is 88.7 Å². The van der Waals surface area contributed by atoms with Gasteiger partial charge in [0.15, 0.2) is 0 Å². The lowest BCUT2D eigenvalue weighted by Gasteiger charge is -2.09. The lowest BCUT2D eigenvalue weighted by Crippen LogP contribution is -2.23. The highest BCUT2D eigenvalue weighted by molar-refractivity contribution is 6.30. The summed E-state index contributed by atoms with van der Waals surface area (Å²) in [6, 6.07) is 19.9. The highest BCUT2D eigenvalue weighted by Gasteiger charge is 2.08. The van der Waals surface area contributed by atoms with E-state index in [-0.39, 0.29) is 5.91 Å². The van der Waals surface area contributed by atoms with Crippen molar-refractivity contribution in [2.45, 2.75) is 6.54 Å². The van der Waals surface area contributed by atoms with Gasteiger partial charge in [0.05, 0.1) is 11.6 Å². The molecule has 128 valence electrons. The average molecular weight is 363 g/mol. The van der Waals surface area contributed by atoms with E-state index >= 15 is 0 Å². The van der Waals surface area contributed by atoms with E-state index in [1.807, 2.05) is 18.2 Å². The summed E-state index contributed by atoms with van der Waals surface area (Å²) in [5, 5.41) is 15.6. The SMILES string of the molecule is N#Cc1cccc(Nc2ccnc(C(=O)NCc3ccc(Cl)cc3)c2)c1. The molecule has 0 bridgehead atoms. The molecule has 3 aromatic rings. The number of aromatic nitrogens is 1. The number of nitrogens with zero attached hydrogens (tertiary/aromatic N) is 2. The van der Waals surface area contributed by atoms with Crippen molar-refractivity contribution in [3.63, 3.8) is 0 Å². The molecule has 2 N–H and O–H groups in total. The monoisotopic (exact) mass is 362 g/mol. The van der Waals surface area contributed by atoms with Gasteiger partial charge in [-0.25, -0.2) is 0 Å².